The average Bonchev–Trinajstić information content (AvgIpc) is 3.15. The summed E-state index contributed by atoms with van der Waals surface area (Å²) in [5.74, 6) is 0. The molecular formula is C35H43NO3S3. The van der Waals surface area contributed by atoms with Crippen molar-refractivity contribution in [2.75, 3.05) is 0 Å². The molecule has 0 aromatic heterocycles. The fourth-order valence-corrected chi connectivity index (χ4v) is 4.36. The van der Waals surface area contributed by atoms with Crippen LogP contribution in [0, 0.1) is 0 Å². The number of nitrogens with one attached hydrogen (secondary N) is 1. The zero-order valence-corrected chi connectivity index (χ0v) is 26.5. The van der Waals surface area contributed by atoms with Gasteiger partial charge in [0, 0.05) is 0 Å². The Kier molecular flexibility index (Phi) is 29.5. The SMILES string of the molecule is C1=CCC=CC1.C1=CCC=CC1.C1=CNC=CC1.C1=COC=CC1.C1=COC=CO1.C1=CSC=CC1.C1=CSC=CS1. The lowest BCUT2D eigenvalue weighted by atomic mass is 10.2. The van der Waals surface area contributed by atoms with E-state index in [1.807, 2.05) is 24.6 Å². The predicted molar refractivity (Wildman–Crippen MR) is 189 cm³/mol. The van der Waals surface area contributed by atoms with Crippen molar-refractivity contribution in [3.8, 4) is 0 Å². The molecule has 0 amide bonds. The minimum atomic E-state index is 1.01. The van der Waals surface area contributed by atoms with Crippen molar-refractivity contribution < 1.29 is 14.2 Å². The van der Waals surface area contributed by atoms with Gasteiger partial charge in [-0.25, -0.2) is 0 Å². The van der Waals surface area contributed by atoms with Crippen LogP contribution in [0.3, 0.4) is 0 Å². The first kappa shape index (κ1) is 36.6. The van der Waals surface area contributed by atoms with Crippen molar-refractivity contribution >= 4 is 35.3 Å². The van der Waals surface area contributed by atoms with E-state index in [1.165, 1.54) is 25.0 Å². The number of dihydropyridines is 1. The number of hydrogen-bond acceptors (Lipinski definition) is 7. The third-order valence-corrected chi connectivity index (χ3v) is 6.77. The van der Waals surface area contributed by atoms with Crippen LogP contribution in [0.5, 0.6) is 0 Å². The lowest BCUT2D eigenvalue weighted by Gasteiger charge is -1.94. The average molecular weight is 622 g/mol. The van der Waals surface area contributed by atoms with Crippen LogP contribution in [-0.2, 0) is 14.2 Å². The van der Waals surface area contributed by atoms with Gasteiger partial charge >= 0.3 is 0 Å². The summed E-state index contributed by atoms with van der Waals surface area (Å²) in [4.78, 5) is 0. The van der Waals surface area contributed by atoms with Gasteiger partial charge in [-0.2, -0.15) is 0 Å². The first-order chi connectivity index (χ1) is 21.0. The number of hydrogen-bond donors (Lipinski definition) is 1. The summed E-state index contributed by atoms with van der Waals surface area (Å²) >= 11 is 5.16. The molecule has 7 aliphatic rings. The summed E-state index contributed by atoms with van der Waals surface area (Å²) < 4.78 is 13.9. The molecule has 1 N–H and O–H groups in total. The van der Waals surface area contributed by atoms with E-state index < -0.39 is 0 Å². The molecule has 0 saturated heterocycles. The van der Waals surface area contributed by atoms with Crippen LogP contribution in [0.1, 0.15) is 44.9 Å². The van der Waals surface area contributed by atoms with Crippen LogP contribution in [0.15, 0.2) is 167 Å². The van der Waals surface area contributed by atoms with Crippen LogP contribution in [0.2, 0.25) is 0 Å². The van der Waals surface area contributed by atoms with Gasteiger partial charge in [0.05, 0.1) is 12.5 Å². The van der Waals surface area contributed by atoms with E-state index in [-0.39, 0.29) is 0 Å². The van der Waals surface area contributed by atoms with Gasteiger partial charge in [-0.3, -0.25) is 0 Å². The van der Waals surface area contributed by atoms with Gasteiger partial charge in [-0.1, -0.05) is 72.9 Å². The van der Waals surface area contributed by atoms with Gasteiger partial charge < -0.3 is 19.5 Å². The zero-order chi connectivity index (χ0) is 29.7. The minimum Gasteiger partial charge on any atom is -0.473 e. The quantitative estimate of drug-likeness (QED) is 0.270. The maximum absolute atomic E-state index is 4.71. The highest BCUT2D eigenvalue weighted by Gasteiger charge is 1.79. The summed E-state index contributed by atoms with van der Waals surface area (Å²) in [7, 11) is 0. The largest absolute Gasteiger partial charge is 0.473 e. The molecule has 42 heavy (non-hydrogen) atoms. The van der Waals surface area contributed by atoms with Crippen molar-refractivity contribution in [3.05, 3.63) is 167 Å². The molecule has 0 radical (unpaired) electrons. The van der Waals surface area contributed by atoms with Crippen LogP contribution >= 0.6 is 35.3 Å². The molecule has 0 saturated carbocycles. The van der Waals surface area contributed by atoms with Gasteiger partial charge in [0.25, 0.3) is 0 Å². The van der Waals surface area contributed by atoms with Gasteiger partial charge in [-0.15, -0.1) is 35.3 Å². The van der Waals surface area contributed by atoms with E-state index >= 15 is 0 Å². The lowest BCUT2D eigenvalue weighted by molar-refractivity contribution is 0.290. The Morgan fingerprint density at radius 2 is 0.619 bits per heavy atom. The molecule has 0 unspecified atom stereocenters. The molecule has 5 aliphatic heterocycles. The molecule has 224 valence electrons. The Bertz CT molecular complexity index is 680. The Hall–Kier alpha value is -3.39. The summed E-state index contributed by atoms with van der Waals surface area (Å²) in [6, 6.07) is 0. The van der Waals surface area contributed by atoms with E-state index in [1.54, 1.807) is 47.8 Å². The Labute approximate surface area is 266 Å². The fraction of sp³-hybridized carbons (Fsp3) is 0.200. The Morgan fingerprint density at radius 1 is 0.310 bits per heavy atom. The first-order valence-electron chi connectivity index (χ1n) is 13.8. The summed E-state index contributed by atoms with van der Waals surface area (Å²) in [6.45, 7) is 0. The molecule has 7 heteroatoms. The molecule has 0 atom stereocenters. The van der Waals surface area contributed by atoms with E-state index in [0.717, 1.165) is 44.9 Å². The number of allylic oxidation sites excluding steroid dienone is 14. The summed E-state index contributed by atoms with van der Waals surface area (Å²) in [5.41, 5.74) is 0. The first-order valence-corrected chi connectivity index (χ1v) is 16.6. The molecular weight excluding hydrogens is 579 g/mol. The van der Waals surface area contributed by atoms with Crippen molar-refractivity contribution in [3.63, 3.8) is 0 Å². The molecule has 4 nitrogen and oxygen atoms in total. The maximum atomic E-state index is 4.71. The van der Waals surface area contributed by atoms with Crippen LogP contribution in [0.25, 0.3) is 0 Å². The molecule has 2 aliphatic carbocycles. The second kappa shape index (κ2) is 33.8. The topological polar surface area (TPSA) is 39.7 Å². The highest BCUT2D eigenvalue weighted by molar-refractivity contribution is 8.11. The zero-order valence-electron chi connectivity index (χ0n) is 24.1. The van der Waals surface area contributed by atoms with Crippen LogP contribution < -0.4 is 5.32 Å². The lowest BCUT2D eigenvalue weighted by Crippen LogP contribution is -1.93. The van der Waals surface area contributed by atoms with Gasteiger partial charge in [-0.05, 0) is 102 Å². The molecule has 0 aromatic rings. The smallest absolute Gasteiger partial charge is 0.125 e. The number of rotatable bonds is 0. The van der Waals surface area contributed by atoms with Crippen molar-refractivity contribution in [2.24, 2.45) is 0 Å². The van der Waals surface area contributed by atoms with E-state index in [4.69, 9.17) is 4.74 Å². The van der Waals surface area contributed by atoms with Crippen LogP contribution in [0.4, 0.5) is 0 Å². The monoisotopic (exact) mass is 621 g/mol. The van der Waals surface area contributed by atoms with E-state index in [2.05, 4.69) is 120 Å². The minimum absolute atomic E-state index is 1.01. The number of thioether (sulfide) groups is 3. The highest BCUT2D eigenvalue weighted by Crippen LogP contribution is 2.18. The second-order valence-electron chi connectivity index (χ2n) is 7.90. The molecule has 0 fully saturated rings. The summed E-state index contributed by atoms with van der Waals surface area (Å²) in [5, 5.41) is 15.4. The fourth-order valence-electron chi connectivity index (χ4n) is 2.62. The molecule has 0 bridgehead atoms. The standard InChI is InChI=1S/2C6H8.C5H7N.C5H6O.C5H6S.C4H4O2.C4H4S2/c5*1-2-4-6-5-3-1;2*1-2-6-4-3-5-1/h2*1-2,5-6H,3-4H2;2-6H,1H2;2*2-5H,1H2;2*1-4H. The van der Waals surface area contributed by atoms with Gasteiger partial charge in [0.1, 0.15) is 25.0 Å². The van der Waals surface area contributed by atoms with E-state index in [0.29, 0.717) is 0 Å². The van der Waals surface area contributed by atoms with Gasteiger partial charge in [0.2, 0.25) is 0 Å². The second-order valence-corrected chi connectivity index (χ2v) is 10.3. The molecule has 0 spiro atoms. The van der Waals surface area contributed by atoms with Gasteiger partial charge in [0.15, 0.2) is 0 Å². The third-order valence-electron chi connectivity index (χ3n) is 4.55. The molecule has 7 rings (SSSR count). The highest BCUT2D eigenvalue weighted by atomic mass is 32.2. The third kappa shape index (κ3) is 31.1. The van der Waals surface area contributed by atoms with Crippen molar-refractivity contribution in [1.29, 1.82) is 0 Å². The van der Waals surface area contributed by atoms with E-state index in [9.17, 15) is 0 Å². The maximum Gasteiger partial charge on any atom is 0.125 e. The summed E-state index contributed by atoms with van der Waals surface area (Å²) in [6.07, 6.45) is 50.6. The Morgan fingerprint density at radius 3 is 0.762 bits per heavy atom. The molecule has 5 heterocycles. The van der Waals surface area contributed by atoms with Crippen molar-refractivity contribution in [1.82, 2.24) is 5.32 Å². The molecule has 0 aromatic carbocycles. The van der Waals surface area contributed by atoms with Crippen LogP contribution in [-0.4, -0.2) is 0 Å². The predicted octanol–water partition coefficient (Wildman–Crippen LogP) is 11.8. The normalized spacial score (nSPS) is 17.9. The van der Waals surface area contributed by atoms with Crippen molar-refractivity contribution in [2.45, 2.75) is 44.9 Å². The Balaban J connectivity index is 0.000000245. The number of ether oxygens (including phenoxy) is 3.